The van der Waals surface area contributed by atoms with Crippen LogP contribution >= 0.6 is 11.8 Å². The van der Waals surface area contributed by atoms with E-state index >= 15 is 0 Å². The summed E-state index contributed by atoms with van der Waals surface area (Å²) in [5.41, 5.74) is 0.993. The summed E-state index contributed by atoms with van der Waals surface area (Å²) >= 11 is 0.734. The van der Waals surface area contributed by atoms with Crippen LogP contribution in [0.1, 0.15) is 19.4 Å². The number of anilines is 1. The van der Waals surface area contributed by atoms with Gasteiger partial charge in [-0.05, 0) is 49.4 Å². The Kier molecular flexibility index (Phi) is 6.09. The van der Waals surface area contributed by atoms with Gasteiger partial charge in [-0.15, -0.1) is 0 Å². The van der Waals surface area contributed by atoms with Crippen LogP contribution in [0, 0.1) is 0 Å². The Morgan fingerprint density at radius 3 is 2.46 bits per heavy atom. The van der Waals surface area contributed by atoms with E-state index in [0.29, 0.717) is 11.3 Å². The number of nitrogens with zero attached hydrogens (tertiary/aromatic N) is 1. The van der Waals surface area contributed by atoms with Crippen molar-refractivity contribution in [2.24, 2.45) is 0 Å². The predicted octanol–water partition coefficient (Wildman–Crippen LogP) is 2.05. The van der Waals surface area contributed by atoms with Gasteiger partial charge in [0, 0.05) is 5.69 Å². The van der Waals surface area contributed by atoms with E-state index in [-0.39, 0.29) is 11.5 Å². The molecule has 0 aliphatic carbocycles. The van der Waals surface area contributed by atoms with Crippen LogP contribution in [-0.2, 0) is 24.3 Å². The molecule has 10 heteroatoms. The fourth-order valence-corrected chi connectivity index (χ4v) is 3.67. The van der Waals surface area contributed by atoms with Gasteiger partial charge in [0.15, 0.2) is 0 Å². The second-order valence-corrected chi connectivity index (χ2v) is 8.22. The van der Waals surface area contributed by atoms with Crippen molar-refractivity contribution in [2.75, 3.05) is 17.6 Å². The van der Waals surface area contributed by atoms with E-state index in [4.69, 9.17) is 4.74 Å². The van der Waals surface area contributed by atoms with E-state index in [1.807, 2.05) is 0 Å². The number of ether oxygens (including phenoxy) is 1. The average molecular weight is 398 g/mol. The number of benzene rings is 1. The number of sulfonamides is 1. The van der Waals surface area contributed by atoms with E-state index < -0.39 is 33.2 Å². The Hall–Kier alpha value is -2.33. The van der Waals surface area contributed by atoms with Gasteiger partial charge in [0.2, 0.25) is 10.0 Å². The highest BCUT2D eigenvalue weighted by atomic mass is 32.2. The molecular formula is C16H18N2O6S2. The third-order valence-corrected chi connectivity index (χ3v) is 4.84. The van der Waals surface area contributed by atoms with Crippen molar-refractivity contribution in [3.63, 3.8) is 0 Å². The molecule has 8 nitrogen and oxygen atoms in total. The zero-order chi connectivity index (χ0) is 19.5. The summed E-state index contributed by atoms with van der Waals surface area (Å²) in [6.07, 6.45) is 2.55. The molecule has 1 aromatic rings. The highest BCUT2D eigenvalue weighted by Crippen LogP contribution is 2.34. The smallest absolute Gasteiger partial charge is 0.329 e. The lowest BCUT2D eigenvalue weighted by Gasteiger charge is -2.19. The number of esters is 1. The van der Waals surface area contributed by atoms with Crippen LogP contribution in [-0.4, -0.2) is 49.3 Å². The summed E-state index contributed by atoms with van der Waals surface area (Å²) in [6.45, 7) is 3.23. The highest BCUT2D eigenvalue weighted by Gasteiger charge is 2.41. The van der Waals surface area contributed by atoms with E-state index in [0.717, 1.165) is 22.9 Å². The van der Waals surface area contributed by atoms with Gasteiger partial charge in [0.05, 0.1) is 17.8 Å². The Morgan fingerprint density at radius 1 is 1.31 bits per heavy atom. The minimum absolute atomic E-state index is 0.156. The lowest BCUT2D eigenvalue weighted by Crippen LogP contribution is -2.42. The Labute approximate surface area is 155 Å². The molecule has 1 saturated heterocycles. The van der Waals surface area contributed by atoms with Crippen LogP contribution < -0.4 is 4.72 Å². The molecule has 0 spiro atoms. The quantitative estimate of drug-likeness (QED) is 0.577. The number of carbonyl (C=O) groups is 3. The SMILES string of the molecule is CCOC(=O)C(C)N1C(=O)S/C(=C\c2ccc(NS(C)(=O)=O)cc2)C1=O. The maximum atomic E-state index is 12.4. The van der Waals surface area contributed by atoms with Crippen molar-refractivity contribution in [3.05, 3.63) is 34.7 Å². The molecule has 0 radical (unpaired) electrons. The fraction of sp³-hybridized carbons (Fsp3) is 0.312. The molecule has 1 aromatic carbocycles. The number of carbonyl (C=O) groups excluding carboxylic acids is 3. The molecule has 2 amide bonds. The number of amides is 2. The standard InChI is InChI=1S/C16H18N2O6S2/c1-4-24-15(20)10(2)18-14(19)13(25-16(18)21)9-11-5-7-12(8-6-11)17-26(3,22)23/h5-10,17H,4H2,1-3H3/b13-9-. The van der Waals surface area contributed by atoms with Gasteiger partial charge in [0.25, 0.3) is 11.1 Å². The van der Waals surface area contributed by atoms with Crippen molar-refractivity contribution in [1.82, 2.24) is 4.90 Å². The van der Waals surface area contributed by atoms with Crippen LogP contribution in [0.15, 0.2) is 29.2 Å². The van der Waals surface area contributed by atoms with Crippen LogP contribution in [0.25, 0.3) is 6.08 Å². The minimum Gasteiger partial charge on any atom is -0.464 e. The molecule has 0 bridgehead atoms. The van der Waals surface area contributed by atoms with Crippen molar-refractivity contribution in [2.45, 2.75) is 19.9 Å². The third kappa shape index (κ3) is 4.85. The number of hydrogen-bond donors (Lipinski definition) is 1. The molecule has 1 fully saturated rings. The Morgan fingerprint density at radius 2 is 1.92 bits per heavy atom. The number of hydrogen-bond acceptors (Lipinski definition) is 7. The summed E-state index contributed by atoms with van der Waals surface area (Å²) in [5.74, 6) is -1.22. The second-order valence-electron chi connectivity index (χ2n) is 5.48. The molecule has 1 atom stereocenters. The van der Waals surface area contributed by atoms with Crippen LogP contribution in [0.4, 0.5) is 10.5 Å². The highest BCUT2D eigenvalue weighted by molar-refractivity contribution is 8.18. The first-order valence-electron chi connectivity index (χ1n) is 7.64. The summed E-state index contributed by atoms with van der Waals surface area (Å²) in [6, 6.07) is 5.29. The minimum atomic E-state index is -3.38. The monoisotopic (exact) mass is 398 g/mol. The number of rotatable bonds is 6. The summed E-state index contributed by atoms with van der Waals surface area (Å²) in [5, 5.41) is -0.544. The molecule has 2 rings (SSSR count). The van der Waals surface area contributed by atoms with Crippen molar-refractivity contribution >= 4 is 50.7 Å². The van der Waals surface area contributed by atoms with Gasteiger partial charge in [-0.2, -0.15) is 0 Å². The maximum Gasteiger partial charge on any atom is 0.329 e. The predicted molar refractivity (Wildman–Crippen MR) is 98.8 cm³/mol. The van der Waals surface area contributed by atoms with E-state index in [2.05, 4.69) is 4.72 Å². The van der Waals surface area contributed by atoms with E-state index in [1.54, 1.807) is 31.2 Å². The van der Waals surface area contributed by atoms with Gasteiger partial charge >= 0.3 is 5.97 Å². The van der Waals surface area contributed by atoms with Crippen molar-refractivity contribution in [1.29, 1.82) is 0 Å². The number of nitrogens with one attached hydrogen (secondary N) is 1. The van der Waals surface area contributed by atoms with Crippen molar-refractivity contribution < 1.29 is 27.5 Å². The lowest BCUT2D eigenvalue weighted by atomic mass is 10.2. The first-order chi connectivity index (χ1) is 12.1. The summed E-state index contributed by atoms with van der Waals surface area (Å²) in [4.78, 5) is 37.4. The molecule has 1 N–H and O–H groups in total. The van der Waals surface area contributed by atoms with Gasteiger partial charge in [-0.1, -0.05) is 12.1 Å². The van der Waals surface area contributed by atoms with Crippen LogP contribution in [0.2, 0.25) is 0 Å². The van der Waals surface area contributed by atoms with Crippen molar-refractivity contribution in [3.8, 4) is 0 Å². The molecular weight excluding hydrogens is 380 g/mol. The van der Waals surface area contributed by atoms with Gasteiger partial charge in [-0.3, -0.25) is 19.2 Å². The largest absolute Gasteiger partial charge is 0.464 e. The third-order valence-electron chi connectivity index (χ3n) is 3.35. The van der Waals surface area contributed by atoms with E-state index in [9.17, 15) is 22.8 Å². The Balaban J connectivity index is 2.18. The molecule has 1 unspecified atom stereocenters. The molecule has 1 aliphatic rings. The normalized spacial score (nSPS) is 17.5. The molecule has 1 heterocycles. The Bertz CT molecular complexity index is 861. The summed E-state index contributed by atoms with van der Waals surface area (Å²) < 4.78 is 29.6. The molecule has 140 valence electrons. The zero-order valence-electron chi connectivity index (χ0n) is 14.4. The van der Waals surface area contributed by atoms with Crippen LogP contribution in [0.5, 0.6) is 0 Å². The number of thioether (sulfide) groups is 1. The molecule has 0 aromatic heterocycles. The molecule has 1 aliphatic heterocycles. The molecule has 0 saturated carbocycles. The first kappa shape index (κ1) is 20.0. The average Bonchev–Trinajstić information content (AvgIpc) is 2.81. The maximum absolute atomic E-state index is 12.4. The number of imide groups is 1. The topological polar surface area (TPSA) is 110 Å². The van der Waals surface area contributed by atoms with Crippen LogP contribution in [0.3, 0.4) is 0 Å². The van der Waals surface area contributed by atoms with Gasteiger partial charge in [-0.25, -0.2) is 13.2 Å². The van der Waals surface area contributed by atoms with E-state index in [1.165, 1.54) is 13.0 Å². The van der Waals surface area contributed by atoms with Gasteiger partial charge < -0.3 is 4.74 Å². The fourth-order valence-electron chi connectivity index (χ4n) is 2.19. The zero-order valence-corrected chi connectivity index (χ0v) is 16.0. The summed E-state index contributed by atoms with van der Waals surface area (Å²) in [7, 11) is -3.38. The lowest BCUT2D eigenvalue weighted by molar-refractivity contribution is -0.150. The molecule has 26 heavy (non-hydrogen) atoms. The first-order valence-corrected chi connectivity index (χ1v) is 10.3. The second kappa shape index (κ2) is 7.92. The van der Waals surface area contributed by atoms with Gasteiger partial charge in [0.1, 0.15) is 6.04 Å².